The summed E-state index contributed by atoms with van der Waals surface area (Å²) in [5, 5.41) is 5.78. The number of rotatable bonds is 7. The number of aromatic nitrogens is 4. The van der Waals surface area contributed by atoms with Gasteiger partial charge in [-0.15, -0.1) is 0 Å². The lowest BCUT2D eigenvalue weighted by Crippen LogP contribution is -2.47. The fourth-order valence-corrected chi connectivity index (χ4v) is 5.84. The fourth-order valence-electron chi connectivity index (χ4n) is 5.84. The number of hydrogen-bond acceptors (Lipinski definition) is 5. The van der Waals surface area contributed by atoms with Gasteiger partial charge in [0.25, 0.3) is 0 Å². The van der Waals surface area contributed by atoms with Gasteiger partial charge in [0.15, 0.2) is 5.65 Å². The first-order valence-corrected chi connectivity index (χ1v) is 14.5. The van der Waals surface area contributed by atoms with Crippen molar-refractivity contribution in [2.24, 2.45) is 0 Å². The van der Waals surface area contributed by atoms with E-state index < -0.39 is 0 Å². The Morgan fingerprint density at radius 2 is 1.26 bits per heavy atom. The highest BCUT2D eigenvalue weighted by Crippen LogP contribution is 2.43. The number of hydrogen-bond donors (Lipinski definition) is 0. The molecule has 43 heavy (non-hydrogen) atoms. The number of benzene rings is 3. The van der Waals surface area contributed by atoms with Crippen LogP contribution >= 0.6 is 0 Å². The molecule has 6 aromatic rings. The third-order valence-electron chi connectivity index (χ3n) is 8.07. The second-order valence-electron chi connectivity index (χ2n) is 10.8. The molecule has 4 heterocycles. The van der Waals surface area contributed by atoms with Gasteiger partial charge in [-0.1, -0.05) is 30.3 Å². The molecule has 3 aromatic heterocycles. The number of pyridine rings is 2. The summed E-state index contributed by atoms with van der Waals surface area (Å²) in [7, 11) is 0. The van der Waals surface area contributed by atoms with Crippen LogP contribution in [0.3, 0.4) is 0 Å². The molecule has 0 N–H and O–H groups in total. The van der Waals surface area contributed by atoms with Crippen molar-refractivity contribution in [1.82, 2.24) is 24.6 Å². The summed E-state index contributed by atoms with van der Waals surface area (Å²) in [6, 6.07) is 27.2. The molecule has 0 saturated carbocycles. The SMILES string of the molecule is Fc1ccc(-c2nc3nn(CCN4CCN(c5ccccc5)CC4)cc3c(-c3ccc(F)cc3)c2-c2ccncc2)cc1. The number of fused-ring (bicyclic) bond motifs is 1. The van der Waals surface area contributed by atoms with E-state index >= 15 is 0 Å². The molecule has 0 bridgehead atoms. The lowest BCUT2D eigenvalue weighted by molar-refractivity contribution is 0.245. The molecule has 214 valence electrons. The lowest BCUT2D eigenvalue weighted by Gasteiger charge is -2.36. The molecule has 1 saturated heterocycles. The second-order valence-corrected chi connectivity index (χ2v) is 10.8. The first kappa shape index (κ1) is 26.9. The Morgan fingerprint density at radius 1 is 0.628 bits per heavy atom. The molecule has 0 unspecified atom stereocenters. The zero-order chi connectivity index (χ0) is 29.2. The molecule has 0 spiro atoms. The van der Waals surface area contributed by atoms with Crippen LogP contribution in [0, 0.1) is 11.6 Å². The molecule has 6 nitrogen and oxygen atoms in total. The molecule has 1 aliphatic rings. The van der Waals surface area contributed by atoms with Crippen molar-refractivity contribution in [3.63, 3.8) is 0 Å². The molecule has 3 aromatic carbocycles. The fraction of sp³-hybridized carbons (Fsp3) is 0.171. The topological polar surface area (TPSA) is 50.1 Å². The van der Waals surface area contributed by atoms with Crippen molar-refractivity contribution < 1.29 is 8.78 Å². The van der Waals surface area contributed by atoms with Gasteiger partial charge in [-0.2, -0.15) is 5.10 Å². The zero-order valence-corrected chi connectivity index (χ0v) is 23.6. The minimum absolute atomic E-state index is 0.304. The van der Waals surface area contributed by atoms with Crippen LogP contribution in [-0.4, -0.2) is 57.4 Å². The maximum absolute atomic E-state index is 14.0. The minimum Gasteiger partial charge on any atom is -0.369 e. The first-order chi connectivity index (χ1) is 21.1. The normalized spacial score (nSPS) is 14.0. The smallest absolute Gasteiger partial charge is 0.182 e. The molecule has 0 radical (unpaired) electrons. The van der Waals surface area contributed by atoms with Crippen LogP contribution in [-0.2, 0) is 6.54 Å². The van der Waals surface area contributed by atoms with Gasteiger partial charge in [-0.05, 0) is 71.8 Å². The Bertz CT molecular complexity index is 1830. The predicted molar refractivity (Wildman–Crippen MR) is 167 cm³/mol. The molecule has 8 heteroatoms. The Labute approximate surface area is 248 Å². The highest BCUT2D eigenvalue weighted by molar-refractivity contribution is 6.05. The second kappa shape index (κ2) is 11.7. The number of anilines is 1. The van der Waals surface area contributed by atoms with E-state index in [0.29, 0.717) is 17.9 Å². The summed E-state index contributed by atoms with van der Waals surface area (Å²) >= 11 is 0. The summed E-state index contributed by atoms with van der Waals surface area (Å²) in [5.41, 5.74) is 6.83. The van der Waals surface area contributed by atoms with Crippen molar-refractivity contribution in [1.29, 1.82) is 0 Å². The molecule has 0 aliphatic carbocycles. The predicted octanol–water partition coefficient (Wildman–Crippen LogP) is 6.93. The highest BCUT2D eigenvalue weighted by Gasteiger charge is 2.23. The molecule has 1 fully saturated rings. The van der Waals surface area contributed by atoms with Crippen molar-refractivity contribution in [3.05, 3.63) is 121 Å². The van der Waals surface area contributed by atoms with E-state index in [0.717, 1.165) is 65.9 Å². The summed E-state index contributed by atoms with van der Waals surface area (Å²) < 4.78 is 29.9. The summed E-state index contributed by atoms with van der Waals surface area (Å²) in [4.78, 5) is 14.1. The van der Waals surface area contributed by atoms with Gasteiger partial charge in [0, 0.05) is 79.1 Å². The summed E-state index contributed by atoms with van der Waals surface area (Å²) in [5.74, 6) is -0.621. The first-order valence-electron chi connectivity index (χ1n) is 14.5. The maximum atomic E-state index is 14.0. The maximum Gasteiger partial charge on any atom is 0.182 e. The Hall–Kier alpha value is -4.95. The lowest BCUT2D eigenvalue weighted by atomic mass is 9.90. The van der Waals surface area contributed by atoms with Crippen molar-refractivity contribution >= 4 is 16.7 Å². The van der Waals surface area contributed by atoms with Crippen LogP contribution in [0.15, 0.2) is 110 Å². The molecular weight excluding hydrogens is 542 g/mol. The van der Waals surface area contributed by atoms with Crippen molar-refractivity contribution in [3.8, 4) is 33.5 Å². The molecule has 0 atom stereocenters. The Balaban J connectivity index is 1.26. The third-order valence-corrected chi connectivity index (χ3v) is 8.07. The highest BCUT2D eigenvalue weighted by atomic mass is 19.1. The van der Waals surface area contributed by atoms with E-state index in [9.17, 15) is 8.78 Å². The van der Waals surface area contributed by atoms with Crippen LogP contribution in [0.25, 0.3) is 44.5 Å². The van der Waals surface area contributed by atoms with E-state index in [4.69, 9.17) is 10.1 Å². The van der Waals surface area contributed by atoms with Crippen molar-refractivity contribution in [2.45, 2.75) is 6.54 Å². The van der Waals surface area contributed by atoms with Crippen LogP contribution in [0.1, 0.15) is 0 Å². The third kappa shape index (κ3) is 5.61. The van der Waals surface area contributed by atoms with E-state index in [1.54, 1.807) is 36.7 Å². The van der Waals surface area contributed by atoms with Crippen LogP contribution < -0.4 is 4.90 Å². The monoisotopic (exact) mass is 572 g/mol. The molecule has 7 rings (SSSR count). The van der Waals surface area contributed by atoms with Gasteiger partial charge in [0.05, 0.1) is 12.2 Å². The Morgan fingerprint density at radius 3 is 1.93 bits per heavy atom. The van der Waals surface area contributed by atoms with Gasteiger partial charge in [0.1, 0.15) is 11.6 Å². The molecule has 1 aliphatic heterocycles. The average molecular weight is 573 g/mol. The number of halogens is 2. The van der Waals surface area contributed by atoms with E-state index in [-0.39, 0.29) is 11.6 Å². The van der Waals surface area contributed by atoms with Crippen LogP contribution in [0.5, 0.6) is 0 Å². The largest absolute Gasteiger partial charge is 0.369 e. The van der Waals surface area contributed by atoms with E-state index in [2.05, 4.69) is 39.0 Å². The van der Waals surface area contributed by atoms with Crippen LogP contribution in [0.2, 0.25) is 0 Å². The summed E-state index contributed by atoms with van der Waals surface area (Å²) in [6.07, 6.45) is 5.52. The van der Waals surface area contributed by atoms with Gasteiger partial charge < -0.3 is 4.90 Å². The minimum atomic E-state index is -0.317. The molecule has 0 amide bonds. The van der Waals surface area contributed by atoms with Crippen molar-refractivity contribution in [2.75, 3.05) is 37.6 Å². The summed E-state index contributed by atoms with van der Waals surface area (Å²) in [6.45, 7) is 5.51. The average Bonchev–Trinajstić information content (AvgIpc) is 3.48. The zero-order valence-electron chi connectivity index (χ0n) is 23.6. The van der Waals surface area contributed by atoms with E-state index in [1.807, 2.05) is 29.1 Å². The van der Waals surface area contributed by atoms with Gasteiger partial charge >= 0.3 is 0 Å². The number of para-hydroxylation sites is 1. The van der Waals surface area contributed by atoms with Crippen LogP contribution in [0.4, 0.5) is 14.5 Å². The van der Waals surface area contributed by atoms with Gasteiger partial charge in [-0.3, -0.25) is 14.6 Å². The van der Waals surface area contributed by atoms with E-state index in [1.165, 1.54) is 30.0 Å². The quantitative estimate of drug-likeness (QED) is 0.208. The van der Waals surface area contributed by atoms with Gasteiger partial charge in [0.2, 0.25) is 0 Å². The Kier molecular flexibility index (Phi) is 7.35. The number of piperazine rings is 1. The number of nitrogens with zero attached hydrogens (tertiary/aromatic N) is 6. The van der Waals surface area contributed by atoms with Gasteiger partial charge in [-0.25, -0.2) is 13.8 Å². The standard InChI is InChI=1S/C35H30F2N6/c36-28-10-6-25(7-11-28)32-31-24-43(23-20-41-18-21-42(22-19-41)30-4-2-1-3-5-30)40-35(31)39-34(27-8-12-29(37)13-9-27)33(32)26-14-16-38-17-15-26/h1-17,24H,18-23H2. The molecular formula is C35H30F2N6.